The summed E-state index contributed by atoms with van der Waals surface area (Å²) < 4.78 is 38.2. The largest absolute Gasteiger partial charge is 0.390 e. The number of amides is 2. The Labute approximate surface area is 398 Å². The normalized spacial score (nSPS) is 19.6. The Balaban J connectivity index is 1.51. The molecule has 1 saturated heterocycles. The number of hydrogen-bond acceptors (Lipinski definition) is 13. The van der Waals surface area contributed by atoms with Crippen molar-refractivity contribution in [2.45, 2.75) is 210 Å². The summed E-state index contributed by atoms with van der Waals surface area (Å²) in [6.45, 7) is 1.27. The first kappa shape index (κ1) is 58.1. The van der Waals surface area contributed by atoms with Crippen molar-refractivity contribution in [1.29, 1.82) is 0 Å². The van der Waals surface area contributed by atoms with E-state index in [9.17, 15) is 64.1 Å². The molecule has 0 unspecified atom stereocenters. The van der Waals surface area contributed by atoms with Crippen LogP contribution in [0.4, 0.5) is 20.2 Å². The lowest BCUT2D eigenvalue weighted by Crippen LogP contribution is -2.61. The molecule has 2 aromatic rings. The van der Waals surface area contributed by atoms with E-state index in [-0.39, 0.29) is 18.4 Å². The number of ether oxygens (including phenoxy) is 2. The third-order valence-corrected chi connectivity index (χ3v) is 12.5. The molecule has 0 aliphatic carbocycles. The van der Waals surface area contributed by atoms with Gasteiger partial charge in [-0.2, -0.15) is 0 Å². The fourth-order valence-electron chi connectivity index (χ4n) is 8.37. The SMILES string of the molecule is CCCCCCCCCCCCCC[C@@H](O)[C@@H](O)[C@H](CO[C@H]1O[C@H](CNC(=O)Cc2ccc([N+](=O)[O-])cc2[N+](=O)[O-])[C@H](O)[C@H](O)[C@H]1O)NC(=O)CCCCCCCCCCc1ccc(F)c(F)c1. The van der Waals surface area contributed by atoms with Crippen molar-refractivity contribution in [3.63, 3.8) is 0 Å². The number of aliphatic hydroxyl groups is 5. The van der Waals surface area contributed by atoms with Crippen molar-refractivity contribution in [2.24, 2.45) is 0 Å². The molecule has 1 aliphatic rings. The summed E-state index contributed by atoms with van der Waals surface area (Å²) in [4.78, 5) is 47.0. The van der Waals surface area contributed by atoms with Crippen molar-refractivity contribution < 1.29 is 63.2 Å². The van der Waals surface area contributed by atoms with Gasteiger partial charge in [0.05, 0.1) is 41.1 Å². The van der Waals surface area contributed by atoms with Crippen LogP contribution in [-0.2, 0) is 31.9 Å². The Morgan fingerprint density at radius 1 is 0.721 bits per heavy atom. The third-order valence-electron chi connectivity index (χ3n) is 12.5. The average Bonchev–Trinajstić information content (AvgIpc) is 3.31. The number of rotatable bonds is 36. The molecule has 17 nitrogen and oxygen atoms in total. The zero-order valence-corrected chi connectivity index (χ0v) is 39.6. The summed E-state index contributed by atoms with van der Waals surface area (Å²) in [5.41, 5.74) is -0.521. The van der Waals surface area contributed by atoms with E-state index in [1.165, 1.54) is 51.0 Å². The molecule has 0 saturated carbocycles. The van der Waals surface area contributed by atoms with E-state index in [1.807, 2.05) is 0 Å². The number of unbranched alkanes of at least 4 members (excludes halogenated alkanes) is 18. The molecule has 8 atom stereocenters. The monoisotopic (exact) mass is 967 g/mol. The molecule has 384 valence electrons. The minimum Gasteiger partial charge on any atom is -0.390 e. The first-order chi connectivity index (χ1) is 32.6. The Kier molecular flexibility index (Phi) is 27.8. The van der Waals surface area contributed by atoms with Gasteiger partial charge in [0.25, 0.3) is 11.4 Å². The van der Waals surface area contributed by atoms with Crippen LogP contribution < -0.4 is 10.6 Å². The number of hydrogen-bond donors (Lipinski definition) is 7. The molecule has 0 spiro atoms. The minimum atomic E-state index is -1.83. The Bertz CT molecular complexity index is 1810. The van der Waals surface area contributed by atoms with Gasteiger partial charge in [0.1, 0.15) is 30.5 Å². The van der Waals surface area contributed by atoms with Crippen LogP contribution in [0.3, 0.4) is 0 Å². The number of aryl methyl sites for hydroxylation is 1. The smallest absolute Gasteiger partial charge is 0.279 e. The number of carbonyl (C=O) groups excluding carboxylic acids is 2. The highest BCUT2D eigenvalue weighted by atomic mass is 19.2. The fraction of sp³-hybridized carbons (Fsp3) is 0.714. The first-order valence-corrected chi connectivity index (χ1v) is 24.7. The molecule has 1 aliphatic heterocycles. The lowest BCUT2D eigenvalue weighted by atomic mass is 9.98. The molecule has 1 fully saturated rings. The van der Waals surface area contributed by atoms with Gasteiger partial charge in [0.15, 0.2) is 17.9 Å². The molecule has 1 heterocycles. The number of halogens is 2. The summed E-state index contributed by atoms with van der Waals surface area (Å²) in [5, 5.41) is 82.4. The second kappa shape index (κ2) is 32.5. The number of carbonyl (C=O) groups is 2. The fourth-order valence-corrected chi connectivity index (χ4v) is 8.37. The maximum atomic E-state index is 13.5. The first-order valence-electron chi connectivity index (χ1n) is 24.7. The highest BCUT2D eigenvalue weighted by molar-refractivity contribution is 5.80. The predicted octanol–water partition coefficient (Wildman–Crippen LogP) is 7.32. The van der Waals surface area contributed by atoms with E-state index in [2.05, 4.69) is 17.6 Å². The molecule has 3 rings (SSSR count). The highest BCUT2D eigenvalue weighted by Gasteiger charge is 2.45. The summed E-state index contributed by atoms with van der Waals surface area (Å²) >= 11 is 0. The molecule has 0 radical (unpaired) electrons. The predicted molar refractivity (Wildman–Crippen MR) is 250 cm³/mol. The maximum absolute atomic E-state index is 13.5. The average molecular weight is 967 g/mol. The van der Waals surface area contributed by atoms with Crippen molar-refractivity contribution in [2.75, 3.05) is 13.2 Å². The Hall–Kier alpha value is -4.24. The third kappa shape index (κ3) is 21.6. The van der Waals surface area contributed by atoms with E-state index in [0.29, 0.717) is 19.3 Å². The van der Waals surface area contributed by atoms with Crippen LogP contribution in [-0.4, -0.2) is 109 Å². The van der Waals surface area contributed by atoms with E-state index in [0.717, 1.165) is 100 Å². The second-order valence-corrected chi connectivity index (χ2v) is 18.1. The zero-order valence-electron chi connectivity index (χ0n) is 39.6. The van der Waals surface area contributed by atoms with Gasteiger partial charge >= 0.3 is 0 Å². The van der Waals surface area contributed by atoms with Crippen LogP contribution in [0, 0.1) is 31.9 Å². The number of benzene rings is 2. The van der Waals surface area contributed by atoms with Gasteiger partial charge in [-0.15, -0.1) is 0 Å². The van der Waals surface area contributed by atoms with Crippen molar-refractivity contribution in [3.05, 3.63) is 79.4 Å². The Morgan fingerprint density at radius 2 is 1.31 bits per heavy atom. The molecule has 2 amide bonds. The van der Waals surface area contributed by atoms with Crippen LogP contribution >= 0.6 is 0 Å². The van der Waals surface area contributed by atoms with Gasteiger partial charge in [-0.25, -0.2) is 8.78 Å². The lowest BCUT2D eigenvalue weighted by molar-refractivity contribution is -0.394. The van der Waals surface area contributed by atoms with Crippen LogP contribution in [0.25, 0.3) is 0 Å². The van der Waals surface area contributed by atoms with E-state index >= 15 is 0 Å². The van der Waals surface area contributed by atoms with Crippen molar-refractivity contribution >= 4 is 23.2 Å². The van der Waals surface area contributed by atoms with Gasteiger partial charge in [-0.1, -0.05) is 129 Å². The van der Waals surface area contributed by atoms with E-state index in [4.69, 9.17) is 9.47 Å². The van der Waals surface area contributed by atoms with Crippen LogP contribution in [0.2, 0.25) is 0 Å². The van der Waals surface area contributed by atoms with Crippen molar-refractivity contribution in [1.82, 2.24) is 10.6 Å². The Morgan fingerprint density at radius 3 is 1.90 bits per heavy atom. The second-order valence-electron chi connectivity index (χ2n) is 18.1. The number of nitro groups is 2. The topological polar surface area (TPSA) is 264 Å². The number of nitrogens with one attached hydrogen (secondary N) is 2. The number of aliphatic hydroxyl groups excluding tert-OH is 5. The quantitative estimate of drug-likeness (QED) is 0.0201. The number of nitrogens with zero attached hydrogens (tertiary/aromatic N) is 2. The molecular weight excluding hydrogens is 891 g/mol. The summed E-state index contributed by atoms with van der Waals surface area (Å²) in [5.74, 6) is -2.88. The molecule has 7 N–H and O–H groups in total. The van der Waals surface area contributed by atoms with Crippen LogP contribution in [0.15, 0.2) is 36.4 Å². The number of nitro benzene ring substituents is 2. The molecule has 2 aromatic carbocycles. The van der Waals surface area contributed by atoms with E-state index < -0.39 is 113 Å². The standard InChI is InChI=1S/C49H76F2N4O13/c1-2-3-4-5-6-7-8-9-10-14-17-20-23-41(56)45(59)39(53-43(57)24-21-18-15-12-11-13-16-19-22-34-25-28-37(50)38(51)29-34)33-67-49-48(62)47(61)46(60)42(68-49)32-52-44(58)30-35-26-27-36(54(63)64)31-40(35)55(65)66/h25-29,31,39,41-42,45-49,56,59-62H,2-24,30,32-33H2,1H3,(H,52,58)(H,53,57)/t39-,41+,42+,45-,46-,47-,48+,49-/m0/s1. The molecule has 0 bridgehead atoms. The number of non-ortho nitro benzene ring substituents is 1. The molecule has 19 heteroatoms. The van der Waals surface area contributed by atoms with E-state index in [1.54, 1.807) is 6.07 Å². The van der Waals surface area contributed by atoms with Crippen LogP contribution in [0.5, 0.6) is 0 Å². The molecule has 0 aromatic heterocycles. The van der Waals surface area contributed by atoms with Crippen molar-refractivity contribution in [3.8, 4) is 0 Å². The summed E-state index contributed by atoms with van der Waals surface area (Å²) in [7, 11) is 0. The van der Waals surface area contributed by atoms with Gasteiger partial charge in [-0.05, 0) is 49.4 Å². The molecular formula is C49H76F2N4O13. The summed E-state index contributed by atoms with van der Waals surface area (Å²) in [6.07, 6.45) is 9.95. The lowest BCUT2D eigenvalue weighted by Gasteiger charge is -2.41. The zero-order chi connectivity index (χ0) is 49.8. The highest BCUT2D eigenvalue weighted by Crippen LogP contribution is 2.26. The van der Waals surface area contributed by atoms with Gasteiger partial charge in [0.2, 0.25) is 11.8 Å². The van der Waals surface area contributed by atoms with Crippen LogP contribution in [0.1, 0.15) is 159 Å². The summed E-state index contributed by atoms with van der Waals surface area (Å²) in [6, 6.07) is 5.64. The van der Waals surface area contributed by atoms with Gasteiger partial charge < -0.3 is 45.6 Å². The maximum Gasteiger partial charge on any atom is 0.279 e. The molecule has 68 heavy (non-hydrogen) atoms. The van der Waals surface area contributed by atoms with Gasteiger partial charge in [-0.3, -0.25) is 29.8 Å². The minimum absolute atomic E-state index is 0.115. The van der Waals surface area contributed by atoms with Gasteiger partial charge in [0, 0.05) is 24.6 Å².